The van der Waals surface area contributed by atoms with E-state index in [1.54, 1.807) is 6.20 Å². The molecule has 1 aliphatic rings. The fourth-order valence-electron chi connectivity index (χ4n) is 2.61. The molecule has 0 bridgehead atoms. The maximum Gasteiger partial charge on any atom is 0.237 e. The monoisotopic (exact) mass is 297 g/mol. The zero-order valence-electron chi connectivity index (χ0n) is 13.2. The lowest BCUT2D eigenvalue weighted by molar-refractivity contribution is -0.123. The number of carbonyl (C=O) groups excluding carboxylic acids is 1. The molecule has 1 amide bonds. The number of nitrogens with one attached hydrogen (secondary N) is 2. The van der Waals surface area contributed by atoms with Crippen LogP contribution in [0.1, 0.15) is 25.0 Å². The summed E-state index contributed by atoms with van der Waals surface area (Å²) in [7, 11) is 0. The summed E-state index contributed by atoms with van der Waals surface area (Å²) in [5, 5.41) is 6.28. The second-order valence-electron chi connectivity index (χ2n) is 5.67. The van der Waals surface area contributed by atoms with E-state index in [4.69, 9.17) is 0 Å². The van der Waals surface area contributed by atoms with E-state index in [2.05, 4.69) is 34.5 Å². The summed E-state index contributed by atoms with van der Waals surface area (Å²) in [6, 6.07) is 8.09. The minimum atomic E-state index is -0.158. The van der Waals surface area contributed by atoms with Crippen LogP contribution in [0, 0.1) is 0 Å². The Morgan fingerprint density at radius 3 is 2.86 bits per heavy atom. The first-order chi connectivity index (χ1) is 10.6. The number of carbonyl (C=O) groups is 1. The smallest absolute Gasteiger partial charge is 0.237 e. The molecule has 1 unspecified atom stereocenters. The Morgan fingerprint density at radius 1 is 1.41 bits per heavy atom. The van der Waals surface area contributed by atoms with Crippen LogP contribution in [0.2, 0.25) is 0 Å². The maximum atomic E-state index is 12.3. The lowest BCUT2D eigenvalue weighted by Gasteiger charge is -2.25. The third-order valence-corrected chi connectivity index (χ3v) is 3.71. The molecule has 22 heavy (non-hydrogen) atoms. The molecule has 1 aromatic carbocycles. The fourth-order valence-corrected chi connectivity index (χ4v) is 2.61. The molecule has 1 aromatic rings. The number of aliphatic imine (C=N–C) groups is 1. The summed E-state index contributed by atoms with van der Waals surface area (Å²) < 4.78 is 0. The van der Waals surface area contributed by atoms with Gasteiger partial charge in [0.2, 0.25) is 5.91 Å². The second kappa shape index (κ2) is 7.71. The van der Waals surface area contributed by atoms with Gasteiger partial charge in [-0.3, -0.25) is 9.79 Å². The van der Waals surface area contributed by atoms with Crippen molar-refractivity contribution in [1.29, 1.82) is 0 Å². The zero-order valence-corrected chi connectivity index (χ0v) is 13.2. The molecule has 0 saturated heterocycles. The Kier molecular flexibility index (Phi) is 5.67. The largest absolute Gasteiger partial charge is 0.351 e. The standard InChI is InChI=1S/C18H23N3O/c1-13(10-19-3)8-14(2)11-21-18(22)17-9-15-6-4-5-7-16(15)12-20-17/h4-8,10,17,20H,3,9,11-12H2,1-2H3,(H,21,22)/b13-10-,14-8+. The first-order valence-electron chi connectivity index (χ1n) is 7.48. The van der Waals surface area contributed by atoms with E-state index in [0.29, 0.717) is 6.54 Å². The number of hydrogen-bond donors (Lipinski definition) is 2. The molecule has 0 saturated carbocycles. The molecule has 2 rings (SSSR count). The van der Waals surface area contributed by atoms with Crippen molar-refractivity contribution in [2.24, 2.45) is 4.99 Å². The van der Waals surface area contributed by atoms with Gasteiger partial charge in [-0.05, 0) is 43.7 Å². The highest BCUT2D eigenvalue weighted by Crippen LogP contribution is 2.16. The summed E-state index contributed by atoms with van der Waals surface area (Å²) in [6.45, 7) is 8.67. The van der Waals surface area contributed by atoms with E-state index in [-0.39, 0.29) is 11.9 Å². The van der Waals surface area contributed by atoms with Crippen LogP contribution in [-0.2, 0) is 17.8 Å². The zero-order chi connectivity index (χ0) is 15.9. The van der Waals surface area contributed by atoms with Gasteiger partial charge in [0.25, 0.3) is 0 Å². The second-order valence-corrected chi connectivity index (χ2v) is 5.67. The van der Waals surface area contributed by atoms with Crippen molar-refractivity contribution in [3.63, 3.8) is 0 Å². The SMILES string of the molecule is C=N/C=C(C)\C=C(/C)CNC(=O)C1Cc2ccccc2CN1. The topological polar surface area (TPSA) is 53.5 Å². The third-order valence-electron chi connectivity index (χ3n) is 3.71. The number of hydrogen-bond acceptors (Lipinski definition) is 3. The van der Waals surface area contributed by atoms with Crippen LogP contribution in [0.5, 0.6) is 0 Å². The van der Waals surface area contributed by atoms with E-state index in [1.165, 1.54) is 11.1 Å². The van der Waals surface area contributed by atoms with Gasteiger partial charge in [0, 0.05) is 19.3 Å². The van der Waals surface area contributed by atoms with Crippen molar-refractivity contribution in [2.75, 3.05) is 6.54 Å². The van der Waals surface area contributed by atoms with Gasteiger partial charge in [-0.2, -0.15) is 0 Å². The third kappa shape index (κ3) is 4.40. The Morgan fingerprint density at radius 2 is 2.14 bits per heavy atom. The first kappa shape index (κ1) is 16.2. The predicted octanol–water partition coefficient (Wildman–Crippen LogP) is 2.37. The van der Waals surface area contributed by atoms with Gasteiger partial charge in [0.15, 0.2) is 0 Å². The van der Waals surface area contributed by atoms with E-state index >= 15 is 0 Å². The van der Waals surface area contributed by atoms with E-state index < -0.39 is 0 Å². The number of fused-ring (bicyclic) bond motifs is 1. The van der Waals surface area contributed by atoms with Crippen molar-refractivity contribution in [2.45, 2.75) is 32.9 Å². The van der Waals surface area contributed by atoms with Crippen LogP contribution in [0.3, 0.4) is 0 Å². The molecule has 0 aliphatic carbocycles. The minimum absolute atomic E-state index is 0.0470. The highest BCUT2D eigenvalue weighted by atomic mass is 16.2. The van der Waals surface area contributed by atoms with Crippen LogP contribution in [0.25, 0.3) is 0 Å². The van der Waals surface area contributed by atoms with E-state index in [9.17, 15) is 4.79 Å². The quantitative estimate of drug-likeness (QED) is 0.647. The lowest BCUT2D eigenvalue weighted by Crippen LogP contribution is -2.47. The number of allylic oxidation sites excluding steroid dienone is 2. The molecule has 0 radical (unpaired) electrons. The highest BCUT2D eigenvalue weighted by molar-refractivity contribution is 5.82. The number of rotatable bonds is 5. The summed E-state index contributed by atoms with van der Waals surface area (Å²) in [6.07, 6.45) is 4.44. The van der Waals surface area contributed by atoms with Crippen LogP contribution >= 0.6 is 0 Å². The number of nitrogens with zero attached hydrogens (tertiary/aromatic N) is 1. The van der Waals surface area contributed by atoms with Crippen molar-refractivity contribution in [3.8, 4) is 0 Å². The van der Waals surface area contributed by atoms with Crippen molar-refractivity contribution < 1.29 is 4.79 Å². The molecular formula is C18H23N3O. The summed E-state index contributed by atoms with van der Waals surface area (Å²) in [4.78, 5) is 16.0. The number of benzene rings is 1. The van der Waals surface area contributed by atoms with Crippen LogP contribution in [0.4, 0.5) is 0 Å². The Balaban J connectivity index is 1.89. The molecule has 4 heteroatoms. The van der Waals surface area contributed by atoms with Gasteiger partial charge in [0.1, 0.15) is 0 Å². The Hall–Kier alpha value is -2.20. The normalized spacial score (nSPS) is 18.5. The van der Waals surface area contributed by atoms with Crippen LogP contribution < -0.4 is 10.6 Å². The molecule has 2 N–H and O–H groups in total. The molecule has 1 aliphatic heterocycles. The molecule has 1 atom stereocenters. The van der Waals surface area contributed by atoms with Crippen molar-refractivity contribution in [3.05, 3.63) is 58.8 Å². The molecule has 0 spiro atoms. The van der Waals surface area contributed by atoms with E-state index in [1.807, 2.05) is 32.1 Å². The molecule has 0 fully saturated rings. The minimum Gasteiger partial charge on any atom is -0.351 e. The van der Waals surface area contributed by atoms with Gasteiger partial charge >= 0.3 is 0 Å². The van der Waals surface area contributed by atoms with Crippen molar-refractivity contribution in [1.82, 2.24) is 10.6 Å². The molecule has 4 nitrogen and oxygen atoms in total. The van der Waals surface area contributed by atoms with Crippen molar-refractivity contribution >= 4 is 12.6 Å². The van der Waals surface area contributed by atoms with Gasteiger partial charge in [-0.25, -0.2) is 0 Å². The van der Waals surface area contributed by atoms with Gasteiger partial charge < -0.3 is 10.6 Å². The molecular weight excluding hydrogens is 274 g/mol. The van der Waals surface area contributed by atoms with Crippen LogP contribution in [0.15, 0.2) is 52.7 Å². The Labute approximate surface area is 132 Å². The highest BCUT2D eigenvalue weighted by Gasteiger charge is 2.23. The summed E-state index contributed by atoms with van der Waals surface area (Å²) in [5.41, 5.74) is 4.64. The molecule has 116 valence electrons. The molecule has 1 heterocycles. The predicted molar refractivity (Wildman–Crippen MR) is 90.8 cm³/mol. The summed E-state index contributed by atoms with van der Waals surface area (Å²) >= 11 is 0. The number of amides is 1. The Bertz CT molecular complexity index is 617. The van der Waals surface area contributed by atoms with E-state index in [0.717, 1.165) is 24.1 Å². The van der Waals surface area contributed by atoms with Gasteiger partial charge in [-0.15, -0.1) is 0 Å². The van der Waals surface area contributed by atoms with Crippen LogP contribution in [-0.4, -0.2) is 25.2 Å². The average Bonchev–Trinajstić information content (AvgIpc) is 2.52. The van der Waals surface area contributed by atoms with Gasteiger partial charge in [0.05, 0.1) is 6.04 Å². The fraction of sp³-hybridized carbons (Fsp3) is 0.333. The summed E-state index contributed by atoms with van der Waals surface area (Å²) in [5.74, 6) is 0.0470. The maximum absolute atomic E-state index is 12.3. The molecule has 0 aromatic heterocycles. The van der Waals surface area contributed by atoms with Gasteiger partial charge in [-0.1, -0.05) is 35.9 Å². The first-order valence-corrected chi connectivity index (χ1v) is 7.48. The lowest BCUT2D eigenvalue weighted by atomic mass is 9.95. The average molecular weight is 297 g/mol.